The van der Waals surface area contributed by atoms with Gasteiger partial charge in [0.05, 0.1) is 6.42 Å². The summed E-state index contributed by atoms with van der Waals surface area (Å²) in [5.74, 6) is 2.09. The maximum Gasteiger partial charge on any atom is 0.307 e. The maximum absolute atomic E-state index is 12.3. The van der Waals surface area contributed by atoms with E-state index in [0.29, 0.717) is 23.3 Å². The minimum Gasteiger partial charge on any atom is -0.481 e. The van der Waals surface area contributed by atoms with Gasteiger partial charge in [0.25, 0.3) is 0 Å². The molecular formula is C27H35NO3. The molecule has 1 aromatic rings. The molecule has 0 bridgehead atoms. The van der Waals surface area contributed by atoms with Gasteiger partial charge in [0, 0.05) is 18.5 Å². The Balaban J connectivity index is 1.40. The molecule has 3 fully saturated rings. The molecule has 1 heterocycles. The fraction of sp³-hybridized carbons (Fsp3) is 0.630. The number of nitrogens with zero attached hydrogens (tertiary/aromatic N) is 1. The van der Waals surface area contributed by atoms with Crippen LogP contribution >= 0.6 is 0 Å². The van der Waals surface area contributed by atoms with Crippen LogP contribution in [0.2, 0.25) is 0 Å². The van der Waals surface area contributed by atoms with Crippen LogP contribution in [0.15, 0.2) is 36.4 Å². The highest BCUT2D eigenvalue weighted by Gasteiger charge is 2.60. The number of hydrogen-bond acceptors (Lipinski definition) is 2. The average molecular weight is 422 g/mol. The molecule has 1 N–H and O–H groups in total. The predicted octanol–water partition coefficient (Wildman–Crippen LogP) is 5.04. The van der Waals surface area contributed by atoms with Crippen LogP contribution in [0.3, 0.4) is 0 Å². The molecule has 4 nitrogen and oxygen atoms in total. The van der Waals surface area contributed by atoms with E-state index in [1.54, 1.807) is 0 Å². The average Bonchev–Trinajstić information content (AvgIpc) is 3.08. The number of rotatable bonds is 3. The zero-order valence-electron chi connectivity index (χ0n) is 19.0. The van der Waals surface area contributed by atoms with E-state index in [9.17, 15) is 9.59 Å². The van der Waals surface area contributed by atoms with Crippen molar-refractivity contribution in [3.05, 3.63) is 47.5 Å². The van der Waals surface area contributed by atoms with E-state index in [1.165, 1.54) is 37.7 Å². The minimum atomic E-state index is -0.771. The fourth-order valence-electron chi connectivity index (χ4n) is 8.33. The lowest BCUT2D eigenvalue weighted by atomic mass is 9.47. The molecule has 1 amide bonds. The molecule has 0 saturated heterocycles. The third-order valence-electron chi connectivity index (χ3n) is 9.87. The summed E-state index contributed by atoms with van der Waals surface area (Å²) in [6, 6.07) is 8.74. The Labute approximate surface area is 185 Å². The summed E-state index contributed by atoms with van der Waals surface area (Å²) in [5, 5.41) is 9.06. The summed E-state index contributed by atoms with van der Waals surface area (Å²) in [7, 11) is 1.99. The molecule has 7 atom stereocenters. The lowest BCUT2D eigenvalue weighted by Gasteiger charge is -2.60. The van der Waals surface area contributed by atoms with E-state index in [1.807, 2.05) is 30.2 Å². The van der Waals surface area contributed by atoms with E-state index in [-0.39, 0.29) is 17.7 Å². The second kappa shape index (κ2) is 7.21. The van der Waals surface area contributed by atoms with Crippen LogP contribution in [-0.4, -0.2) is 35.0 Å². The SMILES string of the molecule is CN1C(=O)C=C[C@@]2(C)C1CC[C@@H]1[C@H]2CC[C@]2(C)C(c3ccc(CC(=O)O)cc3)CC[C@@H]12. The first-order valence-electron chi connectivity index (χ1n) is 12.0. The molecule has 0 aromatic heterocycles. The van der Waals surface area contributed by atoms with Crippen LogP contribution in [0, 0.1) is 28.6 Å². The van der Waals surface area contributed by atoms with Crippen molar-refractivity contribution in [2.24, 2.45) is 28.6 Å². The molecule has 4 heteroatoms. The Bertz CT molecular complexity index is 921. The van der Waals surface area contributed by atoms with Crippen molar-refractivity contribution in [1.29, 1.82) is 0 Å². The maximum atomic E-state index is 12.3. The summed E-state index contributed by atoms with van der Waals surface area (Å²) >= 11 is 0. The van der Waals surface area contributed by atoms with Gasteiger partial charge in [-0.3, -0.25) is 9.59 Å². The number of carbonyl (C=O) groups excluding carboxylic acids is 1. The van der Waals surface area contributed by atoms with Gasteiger partial charge in [-0.25, -0.2) is 0 Å². The highest BCUT2D eigenvalue weighted by Crippen LogP contribution is 2.67. The topological polar surface area (TPSA) is 57.6 Å². The van der Waals surface area contributed by atoms with Crippen molar-refractivity contribution in [2.45, 2.75) is 70.8 Å². The first-order valence-corrected chi connectivity index (χ1v) is 12.0. The molecule has 4 aliphatic rings. The van der Waals surface area contributed by atoms with Crippen molar-refractivity contribution >= 4 is 11.9 Å². The van der Waals surface area contributed by atoms with Crippen molar-refractivity contribution < 1.29 is 14.7 Å². The number of carbonyl (C=O) groups is 2. The zero-order valence-corrected chi connectivity index (χ0v) is 19.0. The summed E-state index contributed by atoms with van der Waals surface area (Å²) in [6.45, 7) is 4.93. The molecule has 166 valence electrons. The highest BCUT2D eigenvalue weighted by atomic mass is 16.4. The molecule has 0 radical (unpaired) electrons. The van der Waals surface area contributed by atoms with Crippen LogP contribution in [0.1, 0.15) is 69.4 Å². The third-order valence-corrected chi connectivity index (χ3v) is 9.87. The first kappa shape index (κ1) is 20.8. The Hall–Kier alpha value is -2.10. The largest absolute Gasteiger partial charge is 0.481 e. The van der Waals surface area contributed by atoms with Crippen LogP contribution in [-0.2, 0) is 16.0 Å². The van der Waals surface area contributed by atoms with Gasteiger partial charge in [-0.2, -0.15) is 0 Å². The second-order valence-corrected chi connectivity index (χ2v) is 11.1. The molecule has 1 aromatic carbocycles. The van der Waals surface area contributed by atoms with Gasteiger partial charge in [-0.05, 0) is 84.8 Å². The third kappa shape index (κ3) is 3.08. The van der Waals surface area contributed by atoms with Gasteiger partial charge >= 0.3 is 5.97 Å². The van der Waals surface area contributed by atoms with Crippen molar-refractivity contribution in [1.82, 2.24) is 4.90 Å². The molecule has 3 saturated carbocycles. The van der Waals surface area contributed by atoms with E-state index in [0.717, 1.165) is 23.8 Å². The lowest BCUT2D eigenvalue weighted by Crippen LogP contribution is -2.59. The molecule has 3 aliphatic carbocycles. The quantitative estimate of drug-likeness (QED) is 0.744. The molecule has 1 aliphatic heterocycles. The van der Waals surface area contributed by atoms with E-state index in [2.05, 4.69) is 32.1 Å². The van der Waals surface area contributed by atoms with Crippen molar-refractivity contribution in [3.63, 3.8) is 0 Å². The number of fused-ring (bicyclic) bond motifs is 5. The number of hydrogen-bond donors (Lipinski definition) is 1. The molecule has 0 spiro atoms. The molecule has 31 heavy (non-hydrogen) atoms. The van der Waals surface area contributed by atoms with E-state index in [4.69, 9.17) is 5.11 Å². The van der Waals surface area contributed by atoms with Gasteiger partial charge in [0.15, 0.2) is 0 Å². The van der Waals surface area contributed by atoms with E-state index < -0.39 is 5.97 Å². The standard InChI is InChI=1S/C27H35NO3/c1-26-14-12-22-19(8-11-23-27(22,2)15-13-24(29)28(23)3)21(26)10-9-20(26)18-6-4-17(5-7-18)16-25(30)31/h4-7,13,15,19-23H,8-12,14,16H2,1-3H3,(H,30,31)/t19-,20?,21-,22+,23?,26+,27+/m0/s1. The molecule has 5 rings (SSSR count). The van der Waals surface area contributed by atoms with Crippen LogP contribution < -0.4 is 0 Å². The second-order valence-electron chi connectivity index (χ2n) is 11.1. The van der Waals surface area contributed by atoms with Gasteiger partial charge in [-0.15, -0.1) is 0 Å². The zero-order chi connectivity index (χ0) is 22.0. The molecule has 2 unspecified atom stereocenters. The smallest absolute Gasteiger partial charge is 0.307 e. The van der Waals surface area contributed by atoms with Gasteiger partial charge < -0.3 is 10.0 Å². The molecular weight excluding hydrogens is 386 g/mol. The Morgan fingerprint density at radius 3 is 2.52 bits per heavy atom. The predicted molar refractivity (Wildman–Crippen MR) is 121 cm³/mol. The summed E-state index contributed by atoms with van der Waals surface area (Å²) in [4.78, 5) is 25.3. The van der Waals surface area contributed by atoms with Crippen molar-refractivity contribution in [3.8, 4) is 0 Å². The summed E-state index contributed by atoms with van der Waals surface area (Å²) in [5.41, 5.74) is 2.69. The fourth-order valence-corrected chi connectivity index (χ4v) is 8.33. The van der Waals surface area contributed by atoms with Crippen LogP contribution in [0.4, 0.5) is 0 Å². The normalized spacial score (nSPS) is 41.5. The Kier molecular flexibility index (Phi) is 4.84. The first-order chi connectivity index (χ1) is 14.7. The number of carboxylic acids is 1. The van der Waals surface area contributed by atoms with Crippen molar-refractivity contribution in [2.75, 3.05) is 7.05 Å². The minimum absolute atomic E-state index is 0.0960. The van der Waals surface area contributed by atoms with E-state index >= 15 is 0 Å². The van der Waals surface area contributed by atoms with Gasteiger partial charge in [-0.1, -0.05) is 44.2 Å². The number of likely N-dealkylation sites (N-methyl/N-ethyl adjacent to an activating group) is 1. The number of amides is 1. The summed E-state index contributed by atoms with van der Waals surface area (Å²) < 4.78 is 0. The van der Waals surface area contributed by atoms with Gasteiger partial charge in [0.1, 0.15) is 0 Å². The van der Waals surface area contributed by atoms with Crippen LogP contribution in [0.5, 0.6) is 0 Å². The number of aliphatic carboxylic acids is 1. The van der Waals surface area contributed by atoms with Crippen LogP contribution in [0.25, 0.3) is 0 Å². The monoisotopic (exact) mass is 421 g/mol. The Morgan fingerprint density at radius 1 is 1.06 bits per heavy atom. The summed E-state index contributed by atoms with van der Waals surface area (Å²) in [6.07, 6.45) is 11.5. The highest BCUT2D eigenvalue weighted by molar-refractivity contribution is 5.89. The van der Waals surface area contributed by atoms with Gasteiger partial charge in [0.2, 0.25) is 5.91 Å². The lowest BCUT2D eigenvalue weighted by molar-refractivity contribution is -0.138. The Morgan fingerprint density at radius 2 is 1.81 bits per heavy atom. The number of carboxylic acid groups (broad SMARTS) is 1. The number of benzene rings is 1.